The maximum Gasteiger partial charge on any atom is 0.314 e. The summed E-state index contributed by atoms with van der Waals surface area (Å²) in [6, 6.07) is 3.51. The number of nitrogens with zero attached hydrogens (tertiary/aromatic N) is 1. The Morgan fingerprint density at radius 3 is 2.75 bits per heavy atom. The van der Waals surface area contributed by atoms with E-state index in [0.29, 0.717) is 17.1 Å². The minimum atomic E-state index is -0.568. The standard InChI is InChI=1S/C14H17NO5/c1-9-11(10-6-5-7-17-10)20-15-12(9)18-8-19-13(16)14(2,3)4/h5-7H,8H2,1-4H3. The number of ether oxygens (including phenoxy) is 2. The second-order valence-corrected chi connectivity index (χ2v) is 5.36. The molecular weight excluding hydrogens is 262 g/mol. The molecule has 108 valence electrons. The average molecular weight is 279 g/mol. The van der Waals surface area contributed by atoms with Crippen LogP contribution in [0, 0.1) is 12.3 Å². The molecule has 0 aliphatic rings. The second-order valence-electron chi connectivity index (χ2n) is 5.36. The Morgan fingerprint density at radius 1 is 1.40 bits per heavy atom. The van der Waals surface area contributed by atoms with Crippen LogP contribution in [0.4, 0.5) is 0 Å². The maximum absolute atomic E-state index is 11.6. The van der Waals surface area contributed by atoms with Crippen LogP contribution in [0.1, 0.15) is 26.3 Å². The molecule has 6 heteroatoms. The summed E-state index contributed by atoms with van der Waals surface area (Å²) >= 11 is 0. The molecule has 0 bridgehead atoms. The van der Waals surface area contributed by atoms with Gasteiger partial charge in [0.25, 0.3) is 5.88 Å². The van der Waals surface area contributed by atoms with Gasteiger partial charge < -0.3 is 18.4 Å². The lowest BCUT2D eigenvalue weighted by atomic mass is 9.98. The Kier molecular flexibility index (Phi) is 3.83. The van der Waals surface area contributed by atoms with Crippen LogP contribution < -0.4 is 4.74 Å². The normalized spacial score (nSPS) is 11.4. The van der Waals surface area contributed by atoms with Gasteiger partial charge in [-0.1, -0.05) is 0 Å². The summed E-state index contributed by atoms with van der Waals surface area (Å²) in [6.07, 6.45) is 1.54. The van der Waals surface area contributed by atoms with Gasteiger partial charge >= 0.3 is 5.97 Å². The first-order valence-electron chi connectivity index (χ1n) is 6.20. The van der Waals surface area contributed by atoms with Crippen molar-refractivity contribution in [2.45, 2.75) is 27.7 Å². The van der Waals surface area contributed by atoms with Crippen LogP contribution in [-0.4, -0.2) is 17.9 Å². The first-order valence-corrected chi connectivity index (χ1v) is 6.20. The van der Waals surface area contributed by atoms with Crippen LogP contribution in [-0.2, 0) is 9.53 Å². The third-order valence-corrected chi connectivity index (χ3v) is 2.62. The Labute approximate surface area is 116 Å². The molecule has 0 N–H and O–H groups in total. The van der Waals surface area contributed by atoms with Crippen molar-refractivity contribution in [1.29, 1.82) is 0 Å². The second kappa shape index (κ2) is 5.40. The summed E-state index contributed by atoms with van der Waals surface area (Å²) in [6.45, 7) is 6.89. The molecule has 2 aromatic rings. The van der Waals surface area contributed by atoms with Gasteiger partial charge in [0, 0.05) is 0 Å². The first-order chi connectivity index (χ1) is 9.39. The van der Waals surface area contributed by atoms with Gasteiger partial charge in [-0.05, 0) is 45.0 Å². The third kappa shape index (κ3) is 3.01. The van der Waals surface area contributed by atoms with E-state index in [9.17, 15) is 4.79 Å². The van der Waals surface area contributed by atoms with E-state index in [1.807, 2.05) is 0 Å². The van der Waals surface area contributed by atoms with Gasteiger partial charge in [0.2, 0.25) is 12.6 Å². The smallest absolute Gasteiger partial charge is 0.314 e. The molecule has 0 aliphatic heterocycles. The zero-order valence-electron chi connectivity index (χ0n) is 11.9. The Hall–Kier alpha value is -2.24. The highest BCUT2D eigenvalue weighted by Crippen LogP contribution is 2.30. The van der Waals surface area contributed by atoms with E-state index in [2.05, 4.69) is 5.16 Å². The van der Waals surface area contributed by atoms with Crippen LogP contribution in [0.2, 0.25) is 0 Å². The molecule has 0 amide bonds. The van der Waals surface area contributed by atoms with E-state index in [1.54, 1.807) is 46.1 Å². The number of furan rings is 1. The molecule has 2 rings (SSSR count). The highest BCUT2D eigenvalue weighted by molar-refractivity contribution is 5.75. The summed E-state index contributed by atoms with van der Waals surface area (Å²) in [5.41, 5.74) is 0.119. The van der Waals surface area contributed by atoms with Crippen LogP contribution in [0.3, 0.4) is 0 Å². The van der Waals surface area contributed by atoms with Crippen LogP contribution >= 0.6 is 0 Å². The fourth-order valence-corrected chi connectivity index (χ4v) is 1.45. The Bertz CT molecular complexity index is 577. The van der Waals surface area contributed by atoms with Gasteiger partial charge in [-0.2, -0.15) is 0 Å². The van der Waals surface area contributed by atoms with Gasteiger partial charge in [0.15, 0.2) is 5.76 Å². The lowest BCUT2D eigenvalue weighted by Crippen LogP contribution is -2.24. The summed E-state index contributed by atoms with van der Waals surface area (Å²) in [5, 5.41) is 3.78. The molecule has 0 spiro atoms. The topological polar surface area (TPSA) is 74.7 Å². The van der Waals surface area contributed by atoms with Crippen molar-refractivity contribution in [2.75, 3.05) is 6.79 Å². The van der Waals surface area contributed by atoms with Gasteiger partial charge in [-0.25, -0.2) is 0 Å². The van der Waals surface area contributed by atoms with Gasteiger partial charge in [-0.3, -0.25) is 4.79 Å². The van der Waals surface area contributed by atoms with Crippen molar-refractivity contribution in [2.24, 2.45) is 5.41 Å². The number of carbonyl (C=O) groups is 1. The molecule has 0 saturated heterocycles. The Balaban J connectivity index is 1.97. The number of esters is 1. The predicted octanol–water partition coefficient (Wildman–Crippen LogP) is 3.17. The van der Waals surface area contributed by atoms with Crippen molar-refractivity contribution in [3.63, 3.8) is 0 Å². The largest absolute Gasteiger partial charge is 0.461 e. The van der Waals surface area contributed by atoms with Crippen LogP contribution in [0.15, 0.2) is 27.3 Å². The molecular formula is C14H17NO5. The van der Waals surface area contributed by atoms with E-state index in [0.717, 1.165) is 0 Å². The molecule has 2 aromatic heterocycles. The van der Waals surface area contributed by atoms with Gasteiger partial charge in [0.1, 0.15) is 0 Å². The molecule has 0 radical (unpaired) electrons. The van der Waals surface area contributed by atoms with Crippen LogP contribution in [0.25, 0.3) is 11.5 Å². The summed E-state index contributed by atoms with van der Waals surface area (Å²) in [5.74, 6) is 0.992. The molecule has 0 aliphatic carbocycles. The van der Waals surface area contributed by atoms with E-state index in [1.165, 1.54) is 0 Å². The summed E-state index contributed by atoms with van der Waals surface area (Å²) in [7, 11) is 0. The molecule has 0 unspecified atom stereocenters. The lowest BCUT2D eigenvalue weighted by Gasteiger charge is -2.16. The van der Waals surface area contributed by atoms with E-state index < -0.39 is 5.41 Å². The minimum Gasteiger partial charge on any atom is -0.461 e. The first kappa shape index (κ1) is 14.2. The highest BCUT2D eigenvalue weighted by atomic mass is 16.7. The summed E-state index contributed by atoms with van der Waals surface area (Å²) < 4.78 is 20.7. The van der Waals surface area contributed by atoms with Gasteiger partial charge in [0.05, 0.1) is 17.2 Å². The molecule has 0 atom stereocenters. The van der Waals surface area contributed by atoms with Gasteiger partial charge in [-0.15, -0.1) is 0 Å². The third-order valence-electron chi connectivity index (χ3n) is 2.62. The molecule has 6 nitrogen and oxygen atoms in total. The number of hydrogen-bond donors (Lipinski definition) is 0. The van der Waals surface area contributed by atoms with Crippen molar-refractivity contribution in [1.82, 2.24) is 5.16 Å². The maximum atomic E-state index is 11.6. The molecule has 0 aromatic carbocycles. The zero-order valence-corrected chi connectivity index (χ0v) is 11.9. The molecule has 2 heterocycles. The molecule has 20 heavy (non-hydrogen) atoms. The average Bonchev–Trinajstić information content (AvgIpc) is 2.98. The highest BCUT2D eigenvalue weighted by Gasteiger charge is 2.23. The number of aromatic nitrogens is 1. The fraction of sp³-hybridized carbons (Fsp3) is 0.429. The Morgan fingerprint density at radius 2 is 2.15 bits per heavy atom. The fourth-order valence-electron chi connectivity index (χ4n) is 1.45. The molecule has 0 fully saturated rings. The predicted molar refractivity (Wildman–Crippen MR) is 70.0 cm³/mol. The monoisotopic (exact) mass is 279 g/mol. The van der Waals surface area contributed by atoms with E-state index in [4.69, 9.17) is 18.4 Å². The molecule has 0 saturated carbocycles. The van der Waals surface area contributed by atoms with E-state index >= 15 is 0 Å². The summed E-state index contributed by atoms with van der Waals surface area (Å²) in [4.78, 5) is 11.6. The van der Waals surface area contributed by atoms with Crippen molar-refractivity contribution < 1.29 is 23.2 Å². The quantitative estimate of drug-likeness (QED) is 0.632. The van der Waals surface area contributed by atoms with Crippen LogP contribution in [0.5, 0.6) is 5.88 Å². The number of carbonyl (C=O) groups excluding carboxylic acids is 1. The SMILES string of the molecule is Cc1c(OCOC(=O)C(C)(C)C)noc1-c1ccco1. The number of rotatable bonds is 4. The van der Waals surface area contributed by atoms with Crippen molar-refractivity contribution in [3.05, 3.63) is 24.0 Å². The lowest BCUT2D eigenvalue weighted by molar-refractivity contribution is -0.159. The van der Waals surface area contributed by atoms with Crippen molar-refractivity contribution in [3.8, 4) is 17.4 Å². The van der Waals surface area contributed by atoms with E-state index in [-0.39, 0.29) is 18.6 Å². The zero-order chi connectivity index (χ0) is 14.8. The number of hydrogen-bond acceptors (Lipinski definition) is 6. The van der Waals surface area contributed by atoms with Crippen molar-refractivity contribution >= 4 is 5.97 Å². The minimum absolute atomic E-state index is 0.207.